The lowest BCUT2D eigenvalue weighted by Gasteiger charge is -2.26. The van der Waals surface area contributed by atoms with E-state index in [1.807, 2.05) is 7.05 Å². The quantitative estimate of drug-likeness (QED) is 0.653. The van der Waals surface area contributed by atoms with Gasteiger partial charge in [0.2, 0.25) is 0 Å². The zero-order valence-corrected chi connectivity index (χ0v) is 8.35. The van der Waals surface area contributed by atoms with Crippen LogP contribution in [0.2, 0.25) is 0 Å². The molecule has 1 N–H and O–H groups in total. The first-order chi connectivity index (χ1) is 6.72. The number of ether oxygens (including phenoxy) is 1. The number of amides is 1. The van der Waals surface area contributed by atoms with Gasteiger partial charge in [0, 0.05) is 12.6 Å². The first-order valence-corrected chi connectivity index (χ1v) is 4.97. The van der Waals surface area contributed by atoms with Gasteiger partial charge in [-0.15, -0.1) is 0 Å². The van der Waals surface area contributed by atoms with Crippen LogP contribution in [0.25, 0.3) is 0 Å². The molecule has 0 saturated carbocycles. The molecule has 0 aliphatic carbocycles. The Bertz CT molecular complexity index is 234. The number of aliphatic hydroxyl groups excluding tert-OH is 1. The number of carbonyl (C=O) groups is 1. The van der Waals surface area contributed by atoms with Crippen molar-refractivity contribution in [2.24, 2.45) is 0 Å². The molecule has 2 atom stereocenters. The predicted molar refractivity (Wildman–Crippen MR) is 50.0 cm³/mol. The maximum atomic E-state index is 11.4. The Labute approximate surface area is 83.2 Å². The van der Waals surface area contributed by atoms with Crippen molar-refractivity contribution in [3.05, 3.63) is 0 Å². The number of likely N-dealkylation sites (N-methyl/N-ethyl adjacent to an activating group) is 1. The molecule has 0 radical (unpaired) electrons. The lowest BCUT2D eigenvalue weighted by atomic mass is 10.2. The van der Waals surface area contributed by atoms with E-state index in [2.05, 4.69) is 4.90 Å². The Kier molecular flexibility index (Phi) is 2.60. The van der Waals surface area contributed by atoms with E-state index in [1.54, 1.807) is 4.90 Å². The molecule has 2 saturated heterocycles. The van der Waals surface area contributed by atoms with Crippen LogP contribution in [0.15, 0.2) is 0 Å². The van der Waals surface area contributed by atoms with E-state index in [0.717, 1.165) is 19.5 Å². The second kappa shape index (κ2) is 3.74. The number of cyclic esters (lactones) is 1. The molecule has 80 valence electrons. The second-order valence-corrected chi connectivity index (χ2v) is 4.03. The highest BCUT2D eigenvalue weighted by Gasteiger charge is 2.39. The highest BCUT2D eigenvalue weighted by atomic mass is 16.6. The van der Waals surface area contributed by atoms with Crippen molar-refractivity contribution < 1.29 is 14.6 Å². The van der Waals surface area contributed by atoms with Crippen LogP contribution in [0, 0.1) is 0 Å². The van der Waals surface area contributed by atoms with Crippen molar-refractivity contribution in [1.82, 2.24) is 9.80 Å². The molecule has 2 unspecified atom stereocenters. The smallest absolute Gasteiger partial charge is 0.410 e. The van der Waals surface area contributed by atoms with E-state index in [-0.39, 0.29) is 24.8 Å². The van der Waals surface area contributed by atoms with Gasteiger partial charge in [0.15, 0.2) is 0 Å². The van der Waals surface area contributed by atoms with Crippen LogP contribution in [-0.2, 0) is 4.74 Å². The summed E-state index contributed by atoms with van der Waals surface area (Å²) < 4.78 is 4.93. The number of hydrogen-bond donors (Lipinski definition) is 1. The van der Waals surface area contributed by atoms with Gasteiger partial charge in [0.25, 0.3) is 0 Å². The summed E-state index contributed by atoms with van der Waals surface area (Å²) in [6.45, 7) is 2.21. The highest BCUT2D eigenvalue weighted by Crippen LogP contribution is 2.22. The molecule has 5 nitrogen and oxygen atoms in total. The van der Waals surface area contributed by atoms with E-state index in [9.17, 15) is 4.79 Å². The molecule has 0 aromatic carbocycles. The fourth-order valence-electron chi connectivity index (χ4n) is 2.20. The fourth-order valence-corrected chi connectivity index (χ4v) is 2.20. The largest absolute Gasteiger partial charge is 0.447 e. The van der Waals surface area contributed by atoms with Crippen molar-refractivity contribution >= 4 is 6.09 Å². The zero-order valence-electron chi connectivity index (χ0n) is 8.35. The molecule has 1 amide bonds. The van der Waals surface area contributed by atoms with E-state index in [1.165, 1.54) is 0 Å². The van der Waals surface area contributed by atoms with Crippen molar-refractivity contribution in [1.29, 1.82) is 0 Å². The molecular weight excluding hydrogens is 184 g/mol. The number of aliphatic hydroxyl groups is 1. The summed E-state index contributed by atoms with van der Waals surface area (Å²) in [4.78, 5) is 15.3. The molecule has 5 heteroatoms. The Hall–Kier alpha value is -0.810. The van der Waals surface area contributed by atoms with Crippen LogP contribution >= 0.6 is 0 Å². The van der Waals surface area contributed by atoms with Crippen molar-refractivity contribution in [3.8, 4) is 0 Å². The lowest BCUT2D eigenvalue weighted by molar-refractivity contribution is 0.132. The molecule has 2 aliphatic heterocycles. The van der Waals surface area contributed by atoms with Gasteiger partial charge in [-0.05, 0) is 20.0 Å². The standard InChI is InChI=1S/C9H16N2O3/c1-10-3-2-7(4-10)11-8(5-12)6-14-9(11)13/h7-8,12H,2-6H2,1H3. The number of hydrogen-bond acceptors (Lipinski definition) is 4. The third-order valence-corrected chi connectivity index (χ3v) is 2.97. The summed E-state index contributed by atoms with van der Waals surface area (Å²) in [6, 6.07) is 0.0751. The van der Waals surface area contributed by atoms with Crippen LogP contribution in [0.1, 0.15) is 6.42 Å². The van der Waals surface area contributed by atoms with Gasteiger partial charge in [0.05, 0.1) is 12.6 Å². The van der Waals surface area contributed by atoms with Crippen molar-refractivity contribution in [2.45, 2.75) is 18.5 Å². The Balaban J connectivity index is 2.04. The summed E-state index contributed by atoms with van der Waals surface area (Å²) >= 11 is 0. The minimum absolute atomic E-state index is 0.00798. The molecule has 2 heterocycles. The van der Waals surface area contributed by atoms with Gasteiger partial charge in [0.1, 0.15) is 6.61 Å². The average molecular weight is 200 g/mol. The summed E-state index contributed by atoms with van der Waals surface area (Å²) in [5.41, 5.74) is 0. The number of nitrogens with zero attached hydrogens (tertiary/aromatic N) is 2. The van der Waals surface area contributed by atoms with Crippen LogP contribution in [-0.4, -0.2) is 66.4 Å². The van der Waals surface area contributed by atoms with E-state index < -0.39 is 0 Å². The minimum Gasteiger partial charge on any atom is -0.447 e. The SMILES string of the molecule is CN1CCC(N2C(=O)OCC2CO)C1. The van der Waals surface area contributed by atoms with Gasteiger partial charge >= 0.3 is 6.09 Å². The maximum absolute atomic E-state index is 11.4. The van der Waals surface area contributed by atoms with E-state index in [4.69, 9.17) is 9.84 Å². The van der Waals surface area contributed by atoms with E-state index in [0.29, 0.717) is 6.61 Å². The molecule has 0 aromatic rings. The summed E-state index contributed by atoms with van der Waals surface area (Å²) in [5, 5.41) is 9.09. The van der Waals surface area contributed by atoms with E-state index >= 15 is 0 Å². The molecule has 2 aliphatic rings. The van der Waals surface area contributed by atoms with Crippen LogP contribution in [0.5, 0.6) is 0 Å². The predicted octanol–water partition coefficient (Wildman–Crippen LogP) is -0.496. The van der Waals surface area contributed by atoms with Crippen LogP contribution in [0.3, 0.4) is 0 Å². The molecular formula is C9H16N2O3. The Morgan fingerprint density at radius 3 is 3.00 bits per heavy atom. The lowest BCUT2D eigenvalue weighted by Crippen LogP contribution is -2.45. The average Bonchev–Trinajstić information content (AvgIpc) is 2.71. The van der Waals surface area contributed by atoms with Gasteiger partial charge < -0.3 is 14.7 Å². The summed E-state index contributed by atoms with van der Waals surface area (Å²) in [7, 11) is 2.04. The summed E-state index contributed by atoms with van der Waals surface area (Å²) in [5.74, 6) is 0. The molecule has 0 bridgehead atoms. The second-order valence-electron chi connectivity index (χ2n) is 4.03. The Morgan fingerprint density at radius 1 is 1.64 bits per heavy atom. The number of likely N-dealkylation sites (tertiary alicyclic amines) is 1. The van der Waals surface area contributed by atoms with Gasteiger partial charge in [-0.1, -0.05) is 0 Å². The molecule has 2 rings (SSSR count). The molecule has 14 heavy (non-hydrogen) atoms. The molecule has 0 aromatic heterocycles. The topological polar surface area (TPSA) is 53.0 Å². The van der Waals surface area contributed by atoms with Gasteiger partial charge in [-0.2, -0.15) is 0 Å². The summed E-state index contributed by atoms with van der Waals surface area (Å²) in [6.07, 6.45) is 0.701. The van der Waals surface area contributed by atoms with Gasteiger partial charge in [-0.3, -0.25) is 4.90 Å². The van der Waals surface area contributed by atoms with Crippen molar-refractivity contribution in [3.63, 3.8) is 0 Å². The highest BCUT2D eigenvalue weighted by molar-refractivity contribution is 5.70. The molecule has 2 fully saturated rings. The van der Waals surface area contributed by atoms with Crippen LogP contribution < -0.4 is 0 Å². The third kappa shape index (κ3) is 1.57. The first kappa shape index (κ1) is 9.73. The maximum Gasteiger partial charge on any atom is 0.410 e. The van der Waals surface area contributed by atoms with Crippen molar-refractivity contribution in [2.75, 3.05) is 33.4 Å². The number of carbonyl (C=O) groups excluding carboxylic acids is 1. The normalized spacial score (nSPS) is 33.9. The minimum atomic E-state index is -0.274. The first-order valence-electron chi connectivity index (χ1n) is 4.97. The molecule has 0 spiro atoms. The Morgan fingerprint density at radius 2 is 2.43 bits per heavy atom. The number of rotatable bonds is 2. The third-order valence-electron chi connectivity index (χ3n) is 2.97. The van der Waals surface area contributed by atoms with Crippen LogP contribution in [0.4, 0.5) is 4.79 Å². The monoisotopic (exact) mass is 200 g/mol. The zero-order chi connectivity index (χ0) is 10.1. The van der Waals surface area contributed by atoms with Gasteiger partial charge in [-0.25, -0.2) is 4.79 Å². The fraction of sp³-hybridized carbons (Fsp3) is 0.889.